The summed E-state index contributed by atoms with van der Waals surface area (Å²) >= 11 is 7.70. The first-order chi connectivity index (χ1) is 8.31. The molecule has 0 bridgehead atoms. The third kappa shape index (κ3) is 2.84. The number of hydrogen-bond donors (Lipinski definition) is 1. The molecule has 2 heterocycles. The van der Waals surface area contributed by atoms with E-state index in [0.717, 1.165) is 5.56 Å². The predicted octanol–water partition coefficient (Wildman–Crippen LogP) is 4.78. The lowest BCUT2D eigenvalue weighted by Crippen LogP contribution is -1.88. The molecular weight excluding hydrogens is 288 g/mol. The SMILES string of the molecule is Oc1ccc(C=C2SC3=C(SCCS3)S2)cc1. The zero-order valence-corrected chi connectivity index (χ0v) is 12.1. The van der Waals surface area contributed by atoms with Crippen LogP contribution in [0.3, 0.4) is 0 Å². The fourth-order valence-electron chi connectivity index (χ4n) is 1.50. The average molecular weight is 298 g/mol. The Hall–Kier alpha value is -0.100. The Labute approximate surface area is 118 Å². The summed E-state index contributed by atoms with van der Waals surface area (Å²) in [6.07, 6.45) is 2.19. The Morgan fingerprint density at radius 1 is 0.941 bits per heavy atom. The second-order valence-corrected chi connectivity index (χ2v) is 8.62. The highest BCUT2D eigenvalue weighted by Crippen LogP contribution is 2.59. The van der Waals surface area contributed by atoms with Gasteiger partial charge in [-0.25, -0.2) is 0 Å². The predicted molar refractivity (Wildman–Crippen MR) is 83.2 cm³/mol. The van der Waals surface area contributed by atoms with Crippen molar-refractivity contribution in [3.8, 4) is 5.75 Å². The summed E-state index contributed by atoms with van der Waals surface area (Å²) in [5.74, 6) is 2.77. The molecule has 2 aliphatic rings. The van der Waals surface area contributed by atoms with Crippen molar-refractivity contribution in [3.63, 3.8) is 0 Å². The van der Waals surface area contributed by atoms with Crippen LogP contribution >= 0.6 is 47.0 Å². The van der Waals surface area contributed by atoms with Crippen molar-refractivity contribution in [1.82, 2.24) is 0 Å². The van der Waals surface area contributed by atoms with Gasteiger partial charge in [0.15, 0.2) is 0 Å². The first-order valence-corrected chi connectivity index (χ1v) is 8.78. The van der Waals surface area contributed by atoms with Gasteiger partial charge >= 0.3 is 0 Å². The summed E-state index contributed by atoms with van der Waals surface area (Å²) in [4.78, 5) is 0. The molecule has 1 N–H and O–H groups in total. The molecule has 0 saturated carbocycles. The zero-order valence-electron chi connectivity index (χ0n) is 8.88. The molecule has 0 amide bonds. The summed E-state index contributed by atoms with van der Waals surface area (Å²) < 4.78 is 4.27. The van der Waals surface area contributed by atoms with Crippen LogP contribution < -0.4 is 0 Å². The van der Waals surface area contributed by atoms with Crippen molar-refractivity contribution in [1.29, 1.82) is 0 Å². The van der Waals surface area contributed by atoms with Gasteiger partial charge in [-0.2, -0.15) is 0 Å². The number of phenolic OH excluding ortho intramolecular Hbond substituents is 1. The largest absolute Gasteiger partial charge is 0.508 e. The zero-order chi connectivity index (χ0) is 11.7. The van der Waals surface area contributed by atoms with Gasteiger partial charge in [0, 0.05) is 11.5 Å². The van der Waals surface area contributed by atoms with E-state index in [1.807, 2.05) is 59.2 Å². The maximum Gasteiger partial charge on any atom is 0.115 e. The van der Waals surface area contributed by atoms with E-state index in [2.05, 4.69) is 6.08 Å². The number of hydrogen-bond acceptors (Lipinski definition) is 5. The van der Waals surface area contributed by atoms with Gasteiger partial charge < -0.3 is 5.11 Å². The fourth-order valence-corrected chi connectivity index (χ4v) is 7.39. The summed E-state index contributed by atoms with van der Waals surface area (Å²) in [6.45, 7) is 0. The fraction of sp³-hybridized carbons (Fsp3) is 0.167. The van der Waals surface area contributed by atoms with E-state index < -0.39 is 0 Å². The highest BCUT2D eigenvalue weighted by Gasteiger charge is 2.24. The van der Waals surface area contributed by atoms with Crippen molar-refractivity contribution in [3.05, 3.63) is 42.5 Å². The van der Waals surface area contributed by atoms with Crippen molar-refractivity contribution in [2.45, 2.75) is 0 Å². The molecule has 2 aliphatic heterocycles. The molecule has 0 saturated heterocycles. The van der Waals surface area contributed by atoms with E-state index in [1.54, 1.807) is 12.1 Å². The van der Waals surface area contributed by atoms with Crippen LogP contribution in [0, 0.1) is 0 Å². The van der Waals surface area contributed by atoms with Crippen LogP contribution in [0.2, 0.25) is 0 Å². The Kier molecular flexibility index (Phi) is 3.70. The van der Waals surface area contributed by atoms with Gasteiger partial charge in [0.2, 0.25) is 0 Å². The minimum Gasteiger partial charge on any atom is -0.508 e. The molecule has 1 aromatic carbocycles. The highest BCUT2D eigenvalue weighted by molar-refractivity contribution is 8.41. The first-order valence-electron chi connectivity index (χ1n) is 5.17. The second kappa shape index (κ2) is 5.26. The molecular formula is C12H10OS4. The van der Waals surface area contributed by atoms with Crippen molar-refractivity contribution < 1.29 is 5.11 Å². The molecule has 1 nitrogen and oxygen atoms in total. The van der Waals surface area contributed by atoms with Crippen LogP contribution in [0.25, 0.3) is 6.08 Å². The Morgan fingerprint density at radius 3 is 2.12 bits per heavy atom. The normalized spacial score (nSPS) is 19.4. The maximum atomic E-state index is 9.24. The molecule has 0 aromatic heterocycles. The van der Waals surface area contributed by atoms with Gasteiger partial charge in [-0.05, 0) is 23.8 Å². The van der Waals surface area contributed by atoms with Gasteiger partial charge in [-0.1, -0.05) is 35.7 Å². The topological polar surface area (TPSA) is 20.2 Å². The maximum absolute atomic E-state index is 9.24. The van der Waals surface area contributed by atoms with Crippen LogP contribution in [0.15, 0.2) is 37.0 Å². The van der Waals surface area contributed by atoms with E-state index in [9.17, 15) is 5.11 Å². The Morgan fingerprint density at radius 2 is 1.53 bits per heavy atom. The summed E-state index contributed by atoms with van der Waals surface area (Å²) in [5.41, 5.74) is 1.15. The number of aromatic hydroxyl groups is 1. The molecule has 88 valence electrons. The molecule has 17 heavy (non-hydrogen) atoms. The third-order valence-electron chi connectivity index (χ3n) is 2.28. The van der Waals surface area contributed by atoms with Crippen molar-refractivity contribution in [2.75, 3.05) is 11.5 Å². The van der Waals surface area contributed by atoms with Crippen LogP contribution in [-0.2, 0) is 0 Å². The molecule has 0 atom stereocenters. The van der Waals surface area contributed by atoms with E-state index >= 15 is 0 Å². The number of rotatable bonds is 1. The van der Waals surface area contributed by atoms with E-state index in [4.69, 9.17) is 0 Å². The van der Waals surface area contributed by atoms with E-state index in [-0.39, 0.29) is 0 Å². The summed E-state index contributed by atoms with van der Waals surface area (Å²) in [5, 5.41) is 9.24. The minimum absolute atomic E-state index is 0.322. The van der Waals surface area contributed by atoms with Gasteiger partial charge in [0.25, 0.3) is 0 Å². The first kappa shape index (κ1) is 12.0. The molecule has 3 rings (SSSR count). The summed E-state index contributed by atoms with van der Waals surface area (Å²) in [6, 6.07) is 7.35. The van der Waals surface area contributed by atoms with Crippen molar-refractivity contribution in [2.24, 2.45) is 0 Å². The van der Waals surface area contributed by atoms with E-state index in [0.29, 0.717) is 5.75 Å². The third-order valence-corrected chi connectivity index (χ3v) is 7.93. The van der Waals surface area contributed by atoms with Gasteiger partial charge in [0.1, 0.15) is 5.75 Å². The van der Waals surface area contributed by atoms with Crippen LogP contribution in [0.5, 0.6) is 5.75 Å². The van der Waals surface area contributed by atoms with Crippen molar-refractivity contribution >= 4 is 53.1 Å². The smallest absolute Gasteiger partial charge is 0.115 e. The second-order valence-electron chi connectivity index (χ2n) is 3.53. The Balaban J connectivity index is 1.77. The highest BCUT2D eigenvalue weighted by atomic mass is 32.3. The van der Waals surface area contributed by atoms with E-state index in [1.165, 1.54) is 24.2 Å². The van der Waals surface area contributed by atoms with Crippen LogP contribution in [0.1, 0.15) is 5.56 Å². The Bertz CT molecular complexity index is 470. The molecule has 0 radical (unpaired) electrons. The monoisotopic (exact) mass is 298 g/mol. The lowest BCUT2D eigenvalue weighted by atomic mass is 10.2. The van der Waals surface area contributed by atoms with Gasteiger partial charge in [0.05, 0.1) is 12.7 Å². The van der Waals surface area contributed by atoms with Crippen LogP contribution in [0.4, 0.5) is 0 Å². The molecule has 0 aliphatic carbocycles. The molecule has 1 aromatic rings. The molecule has 0 unspecified atom stereocenters. The molecule has 5 heteroatoms. The minimum atomic E-state index is 0.322. The molecule has 0 fully saturated rings. The quantitative estimate of drug-likeness (QED) is 0.803. The average Bonchev–Trinajstić information content (AvgIpc) is 2.74. The summed E-state index contributed by atoms with van der Waals surface area (Å²) in [7, 11) is 0. The van der Waals surface area contributed by atoms with Gasteiger partial charge in [-0.15, -0.1) is 23.5 Å². The molecule has 0 spiro atoms. The van der Waals surface area contributed by atoms with Crippen LogP contribution in [-0.4, -0.2) is 16.6 Å². The number of phenols is 1. The standard InChI is InChI=1S/C12H10OS4/c13-9-3-1-8(2-4-9)7-10-16-11-12(17-10)15-6-5-14-11/h1-4,7,13H,5-6H2. The lowest BCUT2D eigenvalue weighted by molar-refractivity contribution is 0.475. The number of benzene rings is 1. The lowest BCUT2D eigenvalue weighted by Gasteiger charge is -2.08. The number of thioether (sulfide) groups is 4. The van der Waals surface area contributed by atoms with Gasteiger partial charge in [-0.3, -0.25) is 0 Å².